The molecule has 7 N–H and O–H groups in total. The van der Waals surface area contributed by atoms with Gasteiger partial charge >= 0.3 is 0 Å². The van der Waals surface area contributed by atoms with Crippen LogP contribution in [0.25, 0.3) is 0 Å². The SMILES string of the molecule is CC(=O)N[C@H]1[C@H](OCCCCCCCCC(=O)NN)O[C@H](CO)[C@H](O)[C@@H]1O. The van der Waals surface area contributed by atoms with Gasteiger partial charge in [-0.3, -0.25) is 15.0 Å². The van der Waals surface area contributed by atoms with Gasteiger partial charge in [0.25, 0.3) is 0 Å². The monoisotopic (exact) mass is 391 g/mol. The van der Waals surface area contributed by atoms with Crippen molar-refractivity contribution in [3.63, 3.8) is 0 Å². The summed E-state index contributed by atoms with van der Waals surface area (Å²) >= 11 is 0. The summed E-state index contributed by atoms with van der Waals surface area (Å²) in [5.74, 6) is 4.47. The largest absolute Gasteiger partial charge is 0.394 e. The van der Waals surface area contributed by atoms with Crippen molar-refractivity contribution < 1.29 is 34.4 Å². The van der Waals surface area contributed by atoms with Crippen LogP contribution in [0.3, 0.4) is 0 Å². The highest BCUT2D eigenvalue weighted by Crippen LogP contribution is 2.22. The molecule has 0 aromatic heterocycles. The first kappa shape index (κ1) is 23.7. The smallest absolute Gasteiger partial charge is 0.233 e. The Morgan fingerprint density at radius 3 is 2.30 bits per heavy atom. The van der Waals surface area contributed by atoms with E-state index < -0.39 is 37.3 Å². The van der Waals surface area contributed by atoms with Gasteiger partial charge in [0.2, 0.25) is 11.8 Å². The zero-order valence-corrected chi connectivity index (χ0v) is 15.8. The van der Waals surface area contributed by atoms with Crippen molar-refractivity contribution >= 4 is 11.8 Å². The predicted molar refractivity (Wildman–Crippen MR) is 96.0 cm³/mol. The first-order valence-electron chi connectivity index (χ1n) is 9.41. The number of hydrogen-bond acceptors (Lipinski definition) is 8. The average Bonchev–Trinajstić information content (AvgIpc) is 2.65. The molecule has 1 heterocycles. The Morgan fingerprint density at radius 1 is 1.07 bits per heavy atom. The van der Waals surface area contributed by atoms with E-state index >= 15 is 0 Å². The molecule has 2 amide bonds. The molecule has 5 atom stereocenters. The molecule has 1 aliphatic rings. The lowest BCUT2D eigenvalue weighted by molar-refractivity contribution is -0.270. The molecule has 1 saturated heterocycles. The summed E-state index contributed by atoms with van der Waals surface area (Å²) in [6, 6.07) is -0.908. The molecule has 0 bridgehead atoms. The molecule has 1 fully saturated rings. The summed E-state index contributed by atoms with van der Waals surface area (Å²) in [5.41, 5.74) is 2.10. The second-order valence-corrected chi connectivity index (χ2v) is 6.74. The van der Waals surface area contributed by atoms with Gasteiger partial charge in [-0.15, -0.1) is 0 Å². The fraction of sp³-hybridized carbons (Fsp3) is 0.882. The van der Waals surface area contributed by atoms with Crippen LogP contribution in [0.15, 0.2) is 0 Å². The van der Waals surface area contributed by atoms with Crippen LogP contribution < -0.4 is 16.6 Å². The lowest BCUT2D eigenvalue weighted by Gasteiger charge is -2.42. The fourth-order valence-electron chi connectivity index (χ4n) is 2.98. The van der Waals surface area contributed by atoms with E-state index in [9.17, 15) is 24.9 Å². The second kappa shape index (κ2) is 13.0. The van der Waals surface area contributed by atoms with Gasteiger partial charge in [-0.25, -0.2) is 5.84 Å². The quantitative estimate of drug-likeness (QED) is 0.103. The van der Waals surface area contributed by atoms with Gasteiger partial charge in [-0.2, -0.15) is 0 Å². The van der Waals surface area contributed by atoms with E-state index in [0.717, 1.165) is 38.5 Å². The Hall–Kier alpha value is -1.30. The van der Waals surface area contributed by atoms with Crippen LogP contribution in [-0.4, -0.2) is 71.0 Å². The summed E-state index contributed by atoms with van der Waals surface area (Å²) in [4.78, 5) is 22.3. The van der Waals surface area contributed by atoms with Gasteiger partial charge in [-0.05, 0) is 12.8 Å². The maximum absolute atomic E-state index is 11.3. The summed E-state index contributed by atoms with van der Waals surface area (Å²) in [6.07, 6.45) is 1.35. The van der Waals surface area contributed by atoms with Crippen molar-refractivity contribution in [1.82, 2.24) is 10.7 Å². The van der Waals surface area contributed by atoms with Crippen molar-refractivity contribution in [2.75, 3.05) is 13.2 Å². The molecule has 0 saturated carbocycles. The first-order valence-corrected chi connectivity index (χ1v) is 9.41. The topological polar surface area (TPSA) is 163 Å². The Kier molecular flexibility index (Phi) is 11.4. The van der Waals surface area contributed by atoms with E-state index in [1.54, 1.807) is 0 Å². The highest BCUT2D eigenvalue weighted by Gasteiger charge is 2.45. The lowest BCUT2D eigenvalue weighted by Crippen LogP contribution is -2.64. The van der Waals surface area contributed by atoms with Gasteiger partial charge in [0.1, 0.15) is 24.4 Å². The number of aliphatic hydroxyl groups excluding tert-OH is 3. The maximum atomic E-state index is 11.3. The van der Waals surface area contributed by atoms with E-state index in [4.69, 9.17) is 15.3 Å². The Bertz CT molecular complexity index is 452. The molecule has 27 heavy (non-hydrogen) atoms. The van der Waals surface area contributed by atoms with Crippen molar-refractivity contribution in [2.45, 2.75) is 82.5 Å². The molecule has 0 aromatic rings. The molecule has 0 unspecified atom stereocenters. The Balaban J connectivity index is 2.27. The minimum Gasteiger partial charge on any atom is -0.394 e. The van der Waals surface area contributed by atoms with Crippen LogP contribution in [-0.2, 0) is 19.1 Å². The number of rotatable bonds is 12. The number of carbonyl (C=O) groups is 2. The van der Waals surface area contributed by atoms with E-state index in [1.807, 2.05) is 0 Å². The predicted octanol–water partition coefficient (Wildman–Crippen LogP) is -1.33. The number of hydrazine groups is 1. The Labute approximate surface area is 159 Å². The molecule has 0 spiro atoms. The molecule has 0 radical (unpaired) electrons. The van der Waals surface area contributed by atoms with Crippen LogP contribution in [0.5, 0.6) is 0 Å². The highest BCUT2D eigenvalue weighted by molar-refractivity contribution is 5.75. The third-order valence-electron chi connectivity index (χ3n) is 4.49. The lowest BCUT2D eigenvalue weighted by atomic mass is 9.97. The third kappa shape index (κ3) is 8.50. The molecule has 0 aromatic carbocycles. The maximum Gasteiger partial charge on any atom is 0.233 e. The van der Waals surface area contributed by atoms with Crippen LogP contribution in [0.2, 0.25) is 0 Å². The van der Waals surface area contributed by atoms with E-state index in [0.29, 0.717) is 13.0 Å². The minimum absolute atomic E-state index is 0.155. The van der Waals surface area contributed by atoms with Crippen LogP contribution in [0, 0.1) is 0 Å². The number of ether oxygens (including phenoxy) is 2. The summed E-state index contributed by atoms with van der Waals surface area (Å²) in [7, 11) is 0. The van der Waals surface area contributed by atoms with E-state index in [-0.39, 0.29) is 11.8 Å². The van der Waals surface area contributed by atoms with Crippen LogP contribution >= 0.6 is 0 Å². The van der Waals surface area contributed by atoms with Gasteiger partial charge in [0, 0.05) is 20.0 Å². The van der Waals surface area contributed by atoms with Crippen molar-refractivity contribution in [3.05, 3.63) is 0 Å². The van der Waals surface area contributed by atoms with Crippen molar-refractivity contribution in [2.24, 2.45) is 5.84 Å². The number of amides is 2. The molecule has 10 nitrogen and oxygen atoms in total. The number of hydrogen-bond donors (Lipinski definition) is 6. The molecule has 1 aliphatic heterocycles. The molecule has 10 heteroatoms. The summed E-state index contributed by atoms with van der Waals surface area (Å²) < 4.78 is 11.1. The average molecular weight is 391 g/mol. The summed E-state index contributed by atoms with van der Waals surface area (Å²) in [5, 5.41) is 31.9. The van der Waals surface area contributed by atoms with Gasteiger partial charge in [0.15, 0.2) is 6.29 Å². The zero-order chi connectivity index (χ0) is 20.2. The second-order valence-electron chi connectivity index (χ2n) is 6.74. The molecular weight excluding hydrogens is 358 g/mol. The number of aliphatic hydroxyl groups is 3. The minimum atomic E-state index is -1.31. The van der Waals surface area contributed by atoms with Crippen molar-refractivity contribution in [1.29, 1.82) is 0 Å². The third-order valence-corrected chi connectivity index (χ3v) is 4.49. The van der Waals surface area contributed by atoms with Gasteiger partial charge in [-0.1, -0.05) is 25.7 Å². The Morgan fingerprint density at radius 2 is 1.70 bits per heavy atom. The molecular formula is C17H33N3O7. The first-order chi connectivity index (χ1) is 12.9. The highest BCUT2D eigenvalue weighted by atomic mass is 16.7. The number of nitrogens with one attached hydrogen (secondary N) is 2. The van der Waals surface area contributed by atoms with Crippen LogP contribution in [0.1, 0.15) is 51.9 Å². The molecule has 0 aliphatic carbocycles. The fourth-order valence-corrected chi connectivity index (χ4v) is 2.98. The number of unbranched alkanes of at least 4 members (excludes halogenated alkanes) is 5. The molecule has 1 rings (SSSR count). The zero-order valence-electron chi connectivity index (χ0n) is 15.8. The summed E-state index contributed by atoms with van der Waals surface area (Å²) in [6.45, 7) is 1.19. The number of carbonyl (C=O) groups excluding carboxylic acids is 2. The standard InChI is InChI=1S/C17H33N3O7/c1-11(22)19-14-16(25)15(24)12(10-21)27-17(14)26-9-7-5-3-2-4-6-8-13(23)20-18/h12,14-17,21,24-25H,2-10,18H2,1H3,(H,19,22)(H,20,23)/t12-,14-,15+,16-,17-/m1/s1. The van der Waals surface area contributed by atoms with Crippen molar-refractivity contribution in [3.8, 4) is 0 Å². The molecule has 158 valence electrons. The van der Waals surface area contributed by atoms with Gasteiger partial charge < -0.3 is 30.1 Å². The van der Waals surface area contributed by atoms with Gasteiger partial charge in [0.05, 0.1) is 6.61 Å². The van der Waals surface area contributed by atoms with E-state index in [1.165, 1.54) is 6.92 Å². The van der Waals surface area contributed by atoms with Crippen LogP contribution in [0.4, 0.5) is 0 Å². The van der Waals surface area contributed by atoms with E-state index in [2.05, 4.69) is 10.7 Å². The normalized spacial score (nSPS) is 28.0. The number of nitrogens with two attached hydrogens (primary N) is 1.